The lowest BCUT2D eigenvalue weighted by Gasteiger charge is -2.00. The normalized spacial score (nSPS) is 11.2. The van der Waals surface area contributed by atoms with Crippen molar-refractivity contribution in [1.82, 2.24) is 0 Å². The number of benzene rings is 3. The zero-order valence-electron chi connectivity index (χ0n) is 11.1. The average Bonchev–Trinajstić information content (AvgIpc) is 2.45. The van der Waals surface area contributed by atoms with E-state index in [4.69, 9.17) is 33.2 Å². The molecule has 0 N–H and O–H groups in total. The number of fused-ring (bicyclic) bond motifs is 2. The lowest BCUT2D eigenvalue weighted by Crippen LogP contribution is -2.04. The topological polar surface area (TPSA) is 0 Å². The number of rotatable bonds is 1. The van der Waals surface area contributed by atoms with Crippen LogP contribution in [0.25, 0.3) is 21.5 Å². The molecule has 4 heteroatoms. The predicted octanol–water partition coefficient (Wildman–Crippen LogP) is 6.65. The van der Waals surface area contributed by atoms with Crippen LogP contribution in [0.15, 0.2) is 60.7 Å². The van der Waals surface area contributed by atoms with E-state index in [1.54, 1.807) is 0 Å². The van der Waals surface area contributed by atoms with Crippen molar-refractivity contribution in [2.45, 2.75) is 13.0 Å². The zero-order chi connectivity index (χ0) is 14.6. The Kier molecular flexibility index (Phi) is 5.33. The van der Waals surface area contributed by atoms with Gasteiger partial charge in [-0.1, -0.05) is 55.5 Å². The Bertz CT molecular complexity index is 599. The van der Waals surface area contributed by atoms with Crippen LogP contribution in [0.5, 0.6) is 0 Å². The molecule has 0 aromatic heterocycles. The smallest absolute Gasteiger partial charge is 0.126 e. The predicted molar refractivity (Wildman–Crippen MR) is 95.2 cm³/mol. The highest BCUT2D eigenvalue weighted by Gasteiger charge is 2.20. The minimum Gasteiger partial charge on any atom is -0.126 e. The van der Waals surface area contributed by atoms with E-state index in [1.165, 1.54) is 21.5 Å². The summed E-state index contributed by atoms with van der Waals surface area (Å²) in [6, 6.07) is 19.9. The van der Waals surface area contributed by atoms with Crippen molar-refractivity contribution in [3.63, 3.8) is 0 Å². The van der Waals surface area contributed by atoms with Gasteiger partial charge >= 0.3 is 6.00 Å². The summed E-state index contributed by atoms with van der Waals surface area (Å²) >= 11 is 16.2. The lowest BCUT2D eigenvalue weighted by molar-refractivity contribution is 1.46. The number of halogens is 3. The van der Waals surface area contributed by atoms with Crippen molar-refractivity contribution < 1.29 is 0 Å². The Hall–Kier alpha value is -0.733. The molecule has 0 aliphatic carbocycles. The Morgan fingerprint density at radius 2 is 0.950 bits per heavy atom. The molecule has 3 aromatic carbocycles. The van der Waals surface area contributed by atoms with E-state index in [0.717, 1.165) is 0 Å². The summed E-state index contributed by atoms with van der Waals surface area (Å²) in [6.07, 6.45) is 0. The summed E-state index contributed by atoms with van der Waals surface area (Å²) in [5.41, 5.74) is 0. The van der Waals surface area contributed by atoms with Gasteiger partial charge in [-0.15, -0.1) is 33.2 Å². The minimum atomic E-state index is -2.21. The quantitative estimate of drug-likeness (QED) is 0.264. The van der Waals surface area contributed by atoms with Crippen LogP contribution < -0.4 is 0 Å². The third-order valence-electron chi connectivity index (χ3n) is 3.01. The van der Waals surface area contributed by atoms with E-state index < -0.39 is 6.00 Å². The van der Waals surface area contributed by atoms with Crippen molar-refractivity contribution in [2.24, 2.45) is 0 Å². The summed E-state index contributed by atoms with van der Waals surface area (Å²) in [7, 11) is 0. The first-order chi connectivity index (χ1) is 9.49. The van der Waals surface area contributed by atoms with E-state index in [-0.39, 0.29) is 0 Å². The molecule has 0 heterocycles. The maximum atomic E-state index is 5.39. The van der Waals surface area contributed by atoms with Crippen molar-refractivity contribution >= 4 is 60.8 Å². The van der Waals surface area contributed by atoms with E-state index in [0.29, 0.717) is 6.04 Å². The molecule has 3 aromatic rings. The summed E-state index contributed by atoms with van der Waals surface area (Å²) < 4.78 is 0. The fourth-order valence-electron chi connectivity index (χ4n) is 1.88. The number of hydrogen-bond acceptors (Lipinski definition) is 0. The van der Waals surface area contributed by atoms with Gasteiger partial charge in [-0.05, 0) is 39.7 Å². The fourth-order valence-corrected chi connectivity index (χ4v) is 1.88. The molecule has 0 fully saturated rings. The van der Waals surface area contributed by atoms with E-state index in [1.807, 2.05) is 6.92 Å². The molecule has 0 bridgehead atoms. The third-order valence-corrected chi connectivity index (χ3v) is 6.22. The second-order valence-corrected chi connectivity index (χ2v) is 14.0. The molecule has 0 aliphatic rings. The molecule has 3 rings (SSSR count). The fraction of sp³-hybridized carbons (Fsp3) is 0.125. The molecule has 0 amide bonds. The highest BCUT2D eigenvalue weighted by molar-refractivity contribution is 7.64. The Morgan fingerprint density at radius 3 is 1.15 bits per heavy atom. The van der Waals surface area contributed by atoms with Crippen molar-refractivity contribution in [2.75, 3.05) is 0 Å². The molecule has 0 unspecified atom stereocenters. The van der Waals surface area contributed by atoms with Crippen molar-refractivity contribution in [3.8, 4) is 0 Å². The molecule has 0 saturated carbocycles. The van der Waals surface area contributed by atoms with Gasteiger partial charge in [0, 0.05) is 0 Å². The maximum Gasteiger partial charge on any atom is 0.341 e. The largest absolute Gasteiger partial charge is 0.341 e. The minimum absolute atomic E-state index is 0.706. The van der Waals surface area contributed by atoms with Crippen LogP contribution in [-0.4, -0.2) is 6.00 Å². The molecule has 20 heavy (non-hydrogen) atoms. The van der Waals surface area contributed by atoms with Crippen LogP contribution in [0.3, 0.4) is 0 Å². The third kappa shape index (κ3) is 4.39. The second-order valence-electron chi connectivity index (χ2n) is 4.52. The van der Waals surface area contributed by atoms with Gasteiger partial charge in [0.15, 0.2) is 0 Å². The molecule has 0 radical (unpaired) electrons. The highest BCUT2D eigenvalue weighted by Crippen LogP contribution is 2.23. The molecule has 0 aliphatic heterocycles. The van der Waals surface area contributed by atoms with Gasteiger partial charge in [0.05, 0.1) is 0 Å². The van der Waals surface area contributed by atoms with Gasteiger partial charge in [0.25, 0.3) is 0 Å². The van der Waals surface area contributed by atoms with Crippen LogP contribution in [0.4, 0.5) is 0 Å². The van der Waals surface area contributed by atoms with Crippen LogP contribution in [0.1, 0.15) is 6.92 Å². The van der Waals surface area contributed by atoms with Crippen molar-refractivity contribution in [1.29, 1.82) is 0 Å². The van der Waals surface area contributed by atoms with Gasteiger partial charge in [0.2, 0.25) is 0 Å². The lowest BCUT2D eigenvalue weighted by atomic mass is 10.0. The molecule has 0 spiro atoms. The summed E-state index contributed by atoms with van der Waals surface area (Å²) in [5.74, 6) is 0. The highest BCUT2D eigenvalue weighted by atomic mass is 35.8. The Morgan fingerprint density at radius 1 is 0.700 bits per heavy atom. The molecular weight excluding hydrogens is 327 g/mol. The molecule has 0 nitrogen and oxygen atoms in total. The summed E-state index contributed by atoms with van der Waals surface area (Å²) in [6.45, 7) is 1.87. The second kappa shape index (κ2) is 6.82. The first-order valence-electron chi connectivity index (χ1n) is 6.44. The first kappa shape index (κ1) is 15.7. The van der Waals surface area contributed by atoms with Crippen LogP contribution in [0, 0.1) is 0 Å². The van der Waals surface area contributed by atoms with Gasteiger partial charge in [-0.25, -0.2) is 0 Å². The molecule has 0 saturated heterocycles. The SMILES string of the molecule is CC[Si](Cl)(Cl)Cl.c1ccc2cc3ccccc3cc2c1. The Labute approximate surface area is 134 Å². The Balaban J connectivity index is 0.000000212. The zero-order valence-corrected chi connectivity index (χ0v) is 14.4. The van der Waals surface area contributed by atoms with Gasteiger partial charge in [-0.2, -0.15) is 0 Å². The van der Waals surface area contributed by atoms with Crippen LogP contribution in [-0.2, 0) is 0 Å². The average molecular weight is 342 g/mol. The molecule has 0 atom stereocenters. The van der Waals surface area contributed by atoms with Crippen LogP contribution in [0.2, 0.25) is 6.04 Å². The monoisotopic (exact) mass is 340 g/mol. The van der Waals surface area contributed by atoms with Crippen molar-refractivity contribution in [3.05, 3.63) is 60.7 Å². The van der Waals surface area contributed by atoms with E-state index >= 15 is 0 Å². The van der Waals surface area contributed by atoms with Gasteiger partial charge in [0.1, 0.15) is 0 Å². The standard InChI is InChI=1S/C14H10.C2H5Cl3Si/c1-2-6-12-10-14-8-4-3-7-13(14)9-11(12)5-1;1-2-6(3,4)5/h1-10H;2H2,1H3. The first-order valence-corrected chi connectivity index (χ1v) is 11.7. The van der Waals surface area contributed by atoms with Crippen LogP contribution >= 0.6 is 33.2 Å². The molecule has 104 valence electrons. The van der Waals surface area contributed by atoms with E-state index in [2.05, 4.69) is 60.7 Å². The summed E-state index contributed by atoms with van der Waals surface area (Å²) in [4.78, 5) is 0. The summed E-state index contributed by atoms with van der Waals surface area (Å²) in [5, 5.41) is 5.25. The molecular formula is C16H15Cl3Si. The number of hydrogen-bond donors (Lipinski definition) is 0. The van der Waals surface area contributed by atoms with E-state index in [9.17, 15) is 0 Å². The van der Waals surface area contributed by atoms with Gasteiger partial charge < -0.3 is 0 Å². The van der Waals surface area contributed by atoms with Gasteiger partial charge in [-0.3, -0.25) is 0 Å². The maximum absolute atomic E-state index is 5.39.